The van der Waals surface area contributed by atoms with E-state index in [2.05, 4.69) is 19.2 Å². The van der Waals surface area contributed by atoms with Crippen LogP contribution < -0.4 is 5.32 Å². The summed E-state index contributed by atoms with van der Waals surface area (Å²) in [6.45, 7) is 4.26. The number of thioether (sulfide) groups is 1. The maximum atomic E-state index is 12.7. The third-order valence-electron chi connectivity index (χ3n) is 2.70. The molecule has 1 rings (SSSR count). The zero-order valence-electron chi connectivity index (χ0n) is 11.4. The molecule has 0 saturated carbocycles. The first-order valence-electron chi connectivity index (χ1n) is 6.26. The Morgan fingerprint density at radius 1 is 1.21 bits per heavy atom. The lowest BCUT2D eigenvalue weighted by Gasteiger charge is -2.18. The summed E-state index contributed by atoms with van der Waals surface area (Å²) in [5.41, 5.74) is 0.104. The van der Waals surface area contributed by atoms with Gasteiger partial charge in [-0.2, -0.15) is 24.9 Å². The molecule has 0 radical (unpaired) electrons. The minimum absolute atomic E-state index is 0.0500. The maximum absolute atomic E-state index is 12.7. The molecule has 5 heteroatoms. The second-order valence-corrected chi connectivity index (χ2v) is 5.97. The van der Waals surface area contributed by atoms with Gasteiger partial charge >= 0.3 is 6.18 Å². The summed E-state index contributed by atoms with van der Waals surface area (Å²) in [4.78, 5) is 0. The summed E-state index contributed by atoms with van der Waals surface area (Å²) in [5, 5.41) is 3.08. The Balaban J connectivity index is 2.75. The molecule has 0 spiro atoms. The van der Waals surface area contributed by atoms with Crippen molar-refractivity contribution in [3.05, 3.63) is 35.4 Å². The summed E-state index contributed by atoms with van der Waals surface area (Å²) >= 11 is 1.76. The van der Waals surface area contributed by atoms with Crippen molar-refractivity contribution >= 4 is 11.8 Å². The van der Waals surface area contributed by atoms with Gasteiger partial charge in [-0.1, -0.05) is 26.0 Å². The third-order valence-corrected chi connectivity index (χ3v) is 4.17. The Morgan fingerprint density at radius 2 is 1.89 bits per heavy atom. The van der Waals surface area contributed by atoms with Gasteiger partial charge in [0.2, 0.25) is 0 Å². The van der Waals surface area contributed by atoms with E-state index in [4.69, 9.17) is 0 Å². The van der Waals surface area contributed by atoms with E-state index in [-0.39, 0.29) is 6.04 Å². The van der Waals surface area contributed by atoms with Gasteiger partial charge < -0.3 is 5.32 Å². The standard InChI is InChI=1S/C14H20F3NS/c1-10(2)8-19-9-13(18-3)11-5-4-6-12(7-11)14(15,16)17/h4-7,10,13,18H,8-9H2,1-3H3. The van der Waals surface area contributed by atoms with Crippen molar-refractivity contribution < 1.29 is 13.2 Å². The second kappa shape index (κ2) is 7.20. The lowest BCUT2D eigenvalue weighted by Crippen LogP contribution is -2.20. The van der Waals surface area contributed by atoms with Crippen LogP contribution in [-0.4, -0.2) is 18.6 Å². The van der Waals surface area contributed by atoms with Crippen molar-refractivity contribution in [2.24, 2.45) is 5.92 Å². The van der Waals surface area contributed by atoms with Gasteiger partial charge in [0.1, 0.15) is 0 Å². The van der Waals surface area contributed by atoms with E-state index in [9.17, 15) is 13.2 Å². The van der Waals surface area contributed by atoms with Gasteiger partial charge in [-0.3, -0.25) is 0 Å². The molecular formula is C14H20F3NS. The molecule has 0 aliphatic rings. The summed E-state index contributed by atoms with van der Waals surface area (Å²) in [7, 11) is 1.78. The smallest absolute Gasteiger partial charge is 0.312 e. The van der Waals surface area contributed by atoms with E-state index in [0.29, 0.717) is 11.5 Å². The van der Waals surface area contributed by atoms with Gasteiger partial charge in [0.15, 0.2) is 0 Å². The summed E-state index contributed by atoms with van der Waals surface area (Å²) < 4.78 is 38.0. The Morgan fingerprint density at radius 3 is 2.42 bits per heavy atom. The van der Waals surface area contributed by atoms with Crippen molar-refractivity contribution in [2.75, 3.05) is 18.6 Å². The van der Waals surface area contributed by atoms with Crippen LogP contribution in [0.4, 0.5) is 13.2 Å². The molecule has 108 valence electrons. The van der Waals surface area contributed by atoms with E-state index in [0.717, 1.165) is 17.6 Å². The largest absolute Gasteiger partial charge is 0.416 e. The second-order valence-electron chi connectivity index (χ2n) is 4.90. The highest BCUT2D eigenvalue weighted by atomic mass is 32.2. The van der Waals surface area contributed by atoms with Gasteiger partial charge in [0.05, 0.1) is 5.56 Å². The molecule has 1 unspecified atom stereocenters. The Hall–Kier alpha value is -0.680. The summed E-state index contributed by atoms with van der Waals surface area (Å²) in [6.07, 6.45) is -4.28. The fourth-order valence-electron chi connectivity index (χ4n) is 1.70. The van der Waals surface area contributed by atoms with Crippen molar-refractivity contribution in [2.45, 2.75) is 26.1 Å². The molecule has 0 aliphatic heterocycles. The highest BCUT2D eigenvalue weighted by Gasteiger charge is 2.30. The highest BCUT2D eigenvalue weighted by Crippen LogP contribution is 2.31. The van der Waals surface area contributed by atoms with Crippen molar-refractivity contribution in [3.63, 3.8) is 0 Å². The van der Waals surface area contributed by atoms with Crippen LogP contribution in [0, 0.1) is 5.92 Å². The molecule has 1 nitrogen and oxygen atoms in total. The topological polar surface area (TPSA) is 12.0 Å². The van der Waals surface area contributed by atoms with Gasteiger partial charge in [-0.15, -0.1) is 0 Å². The zero-order valence-corrected chi connectivity index (χ0v) is 12.2. The summed E-state index contributed by atoms with van der Waals surface area (Å²) in [6, 6.07) is 5.50. The van der Waals surface area contributed by atoms with Crippen molar-refractivity contribution in [3.8, 4) is 0 Å². The average Bonchev–Trinajstić information content (AvgIpc) is 2.33. The summed E-state index contributed by atoms with van der Waals surface area (Å²) in [5.74, 6) is 2.37. The molecule has 0 aromatic heterocycles. The molecule has 1 atom stereocenters. The number of hydrogen-bond donors (Lipinski definition) is 1. The lowest BCUT2D eigenvalue weighted by atomic mass is 10.1. The van der Waals surface area contributed by atoms with Gasteiger partial charge in [-0.25, -0.2) is 0 Å². The monoisotopic (exact) mass is 291 g/mol. The Kier molecular flexibility index (Phi) is 6.20. The van der Waals surface area contributed by atoms with Crippen LogP contribution in [0.25, 0.3) is 0 Å². The number of benzene rings is 1. The van der Waals surface area contributed by atoms with Crippen LogP contribution in [0.5, 0.6) is 0 Å². The van der Waals surface area contributed by atoms with E-state index in [1.54, 1.807) is 24.9 Å². The first kappa shape index (κ1) is 16.4. The molecule has 1 aromatic rings. The lowest BCUT2D eigenvalue weighted by molar-refractivity contribution is -0.137. The number of alkyl halides is 3. The normalized spacial score (nSPS) is 13.8. The number of nitrogens with one attached hydrogen (secondary N) is 1. The van der Waals surface area contributed by atoms with Crippen LogP contribution in [0.3, 0.4) is 0 Å². The maximum Gasteiger partial charge on any atom is 0.416 e. The van der Waals surface area contributed by atoms with Crippen LogP contribution >= 0.6 is 11.8 Å². The molecular weight excluding hydrogens is 271 g/mol. The van der Waals surface area contributed by atoms with Crippen LogP contribution in [0.15, 0.2) is 24.3 Å². The van der Waals surface area contributed by atoms with Crippen LogP contribution in [-0.2, 0) is 6.18 Å². The van der Waals surface area contributed by atoms with Gasteiger partial charge in [-0.05, 0) is 36.4 Å². The third kappa shape index (κ3) is 5.45. The SMILES string of the molecule is CNC(CSCC(C)C)c1cccc(C(F)(F)F)c1. The van der Waals surface area contributed by atoms with E-state index in [1.807, 2.05) is 0 Å². The quantitative estimate of drug-likeness (QED) is 0.836. The average molecular weight is 291 g/mol. The van der Waals surface area contributed by atoms with Crippen LogP contribution in [0.2, 0.25) is 0 Å². The minimum atomic E-state index is -4.28. The molecule has 0 amide bonds. The fraction of sp³-hybridized carbons (Fsp3) is 0.571. The predicted molar refractivity (Wildman–Crippen MR) is 75.4 cm³/mol. The zero-order chi connectivity index (χ0) is 14.5. The first-order chi connectivity index (χ1) is 8.84. The minimum Gasteiger partial charge on any atom is -0.312 e. The highest BCUT2D eigenvalue weighted by molar-refractivity contribution is 7.99. The molecule has 1 N–H and O–H groups in total. The van der Waals surface area contributed by atoms with Gasteiger partial charge in [0.25, 0.3) is 0 Å². The van der Waals surface area contributed by atoms with E-state index in [1.165, 1.54) is 12.1 Å². The molecule has 0 fully saturated rings. The molecule has 0 heterocycles. The number of rotatable bonds is 6. The fourth-order valence-corrected chi connectivity index (χ4v) is 2.90. The molecule has 0 aliphatic carbocycles. The van der Waals surface area contributed by atoms with Crippen molar-refractivity contribution in [1.29, 1.82) is 0 Å². The van der Waals surface area contributed by atoms with Crippen LogP contribution in [0.1, 0.15) is 31.0 Å². The molecule has 19 heavy (non-hydrogen) atoms. The Labute approximate surface area is 117 Å². The number of hydrogen-bond acceptors (Lipinski definition) is 2. The van der Waals surface area contributed by atoms with Crippen molar-refractivity contribution in [1.82, 2.24) is 5.32 Å². The Bertz CT molecular complexity index is 391. The van der Waals surface area contributed by atoms with Gasteiger partial charge in [0, 0.05) is 11.8 Å². The molecule has 1 aromatic carbocycles. The predicted octanol–water partition coefficient (Wildman–Crippen LogP) is 4.36. The van der Waals surface area contributed by atoms with E-state index >= 15 is 0 Å². The van der Waals surface area contributed by atoms with E-state index < -0.39 is 11.7 Å². The first-order valence-corrected chi connectivity index (χ1v) is 7.42. The molecule has 0 saturated heterocycles. The number of halogens is 3. The molecule has 0 bridgehead atoms.